The molecule has 4 nitrogen and oxygen atoms in total. The number of aromatic hydroxyl groups is 2. The summed E-state index contributed by atoms with van der Waals surface area (Å²) in [7, 11) is 0. The lowest BCUT2D eigenvalue weighted by Gasteiger charge is -2.31. The molecule has 20 heavy (non-hydrogen) atoms. The van der Waals surface area contributed by atoms with Crippen LogP contribution in [-0.4, -0.2) is 16.5 Å². The quantitative estimate of drug-likeness (QED) is 0.821. The Morgan fingerprint density at radius 1 is 1.00 bits per heavy atom. The van der Waals surface area contributed by atoms with Gasteiger partial charge in [-0.2, -0.15) is 0 Å². The fourth-order valence-corrected chi connectivity index (χ4v) is 2.39. The van der Waals surface area contributed by atoms with E-state index in [1.165, 1.54) is 0 Å². The number of hydrogen-bond donors (Lipinski definition) is 2. The van der Waals surface area contributed by atoms with Crippen molar-refractivity contribution in [3.63, 3.8) is 0 Å². The summed E-state index contributed by atoms with van der Waals surface area (Å²) in [5.41, 5.74) is 2.49. The largest absolute Gasteiger partial charge is 0.508 e. The second-order valence-electron chi connectivity index (χ2n) is 4.63. The van der Waals surface area contributed by atoms with Crippen LogP contribution in [0.15, 0.2) is 48.7 Å². The topological polar surface area (TPSA) is 60.8 Å². The molecule has 1 atom stereocenters. The molecule has 4 heteroatoms. The predicted molar refractivity (Wildman–Crippen MR) is 76.5 cm³/mol. The van der Waals surface area contributed by atoms with E-state index >= 15 is 0 Å². The monoisotopic (exact) mass is 267 g/mol. The van der Waals surface area contributed by atoms with E-state index in [0.29, 0.717) is 0 Å². The zero-order valence-corrected chi connectivity index (χ0v) is 10.6. The number of carbonyl (C=O) groups excluding carboxylic acids is 1. The van der Waals surface area contributed by atoms with Gasteiger partial charge in [-0.05, 0) is 53.6 Å². The predicted octanol–water partition coefficient (Wildman–Crippen LogP) is 2.83. The minimum Gasteiger partial charge on any atom is -0.508 e. The first kappa shape index (κ1) is 12.3. The molecular formula is C16H13NO3. The second-order valence-corrected chi connectivity index (χ2v) is 4.63. The average molecular weight is 267 g/mol. The number of fused-ring (bicyclic) bond motifs is 1. The molecule has 0 bridgehead atoms. The Labute approximate surface area is 116 Å². The van der Waals surface area contributed by atoms with Crippen LogP contribution in [-0.2, 0) is 4.79 Å². The van der Waals surface area contributed by atoms with Crippen molar-refractivity contribution in [3.8, 4) is 11.5 Å². The third-order valence-corrected chi connectivity index (χ3v) is 3.38. The van der Waals surface area contributed by atoms with Crippen molar-refractivity contribution in [1.29, 1.82) is 0 Å². The van der Waals surface area contributed by atoms with E-state index in [2.05, 4.69) is 0 Å². The van der Waals surface area contributed by atoms with Crippen molar-refractivity contribution in [2.24, 2.45) is 0 Å². The molecule has 1 aliphatic rings. The second kappa shape index (κ2) is 4.74. The number of phenolic OH excluding ortho intramolecular Hbond substituents is 2. The SMILES string of the molecule is O=CC1c2ccc(O)cc2C=CN1c1ccc(O)cc1. The molecule has 0 fully saturated rings. The first-order chi connectivity index (χ1) is 9.69. The van der Waals surface area contributed by atoms with Crippen LogP contribution in [0.25, 0.3) is 6.08 Å². The van der Waals surface area contributed by atoms with Gasteiger partial charge in [-0.1, -0.05) is 6.07 Å². The van der Waals surface area contributed by atoms with E-state index in [9.17, 15) is 15.0 Å². The lowest BCUT2D eigenvalue weighted by molar-refractivity contribution is -0.109. The van der Waals surface area contributed by atoms with Gasteiger partial charge in [-0.25, -0.2) is 0 Å². The van der Waals surface area contributed by atoms with Gasteiger partial charge in [0.15, 0.2) is 0 Å². The molecule has 0 amide bonds. The molecule has 100 valence electrons. The molecule has 1 unspecified atom stereocenters. The van der Waals surface area contributed by atoms with E-state index in [1.807, 2.05) is 11.0 Å². The fraction of sp³-hybridized carbons (Fsp3) is 0.0625. The minimum absolute atomic E-state index is 0.177. The Morgan fingerprint density at radius 2 is 1.70 bits per heavy atom. The lowest BCUT2D eigenvalue weighted by atomic mass is 9.96. The highest BCUT2D eigenvalue weighted by Gasteiger charge is 2.24. The zero-order chi connectivity index (χ0) is 14.1. The van der Waals surface area contributed by atoms with Crippen molar-refractivity contribution in [2.45, 2.75) is 6.04 Å². The highest BCUT2D eigenvalue weighted by atomic mass is 16.3. The van der Waals surface area contributed by atoms with Crippen molar-refractivity contribution in [2.75, 3.05) is 4.90 Å². The van der Waals surface area contributed by atoms with Gasteiger partial charge in [0, 0.05) is 11.9 Å². The van der Waals surface area contributed by atoms with Gasteiger partial charge in [-0.3, -0.25) is 0 Å². The zero-order valence-electron chi connectivity index (χ0n) is 10.6. The Balaban J connectivity index is 2.05. The lowest BCUT2D eigenvalue weighted by Crippen LogP contribution is -2.27. The van der Waals surface area contributed by atoms with Crippen LogP contribution in [0.4, 0.5) is 5.69 Å². The molecule has 2 aromatic carbocycles. The summed E-state index contributed by atoms with van der Waals surface area (Å²) in [6.07, 6.45) is 4.52. The normalized spacial score (nSPS) is 16.8. The highest BCUT2D eigenvalue weighted by Crippen LogP contribution is 2.35. The Hall–Kier alpha value is -2.75. The highest BCUT2D eigenvalue weighted by molar-refractivity contribution is 5.78. The third-order valence-electron chi connectivity index (χ3n) is 3.38. The maximum Gasteiger partial charge on any atom is 0.147 e. The van der Waals surface area contributed by atoms with Crippen molar-refractivity contribution in [1.82, 2.24) is 0 Å². The maximum absolute atomic E-state index is 11.5. The summed E-state index contributed by atoms with van der Waals surface area (Å²) in [4.78, 5) is 13.3. The van der Waals surface area contributed by atoms with Crippen molar-refractivity contribution < 1.29 is 15.0 Å². The van der Waals surface area contributed by atoms with Gasteiger partial charge >= 0.3 is 0 Å². The van der Waals surface area contributed by atoms with Crippen LogP contribution in [0, 0.1) is 0 Å². The molecule has 2 aromatic rings. The molecular weight excluding hydrogens is 254 g/mol. The van der Waals surface area contributed by atoms with Crippen LogP contribution in [0.1, 0.15) is 17.2 Å². The number of aldehydes is 1. The molecule has 0 aromatic heterocycles. The van der Waals surface area contributed by atoms with E-state index in [4.69, 9.17) is 0 Å². The van der Waals surface area contributed by atoms with Gasteiger partial charge < -0.3 is 19.9 Å². The van der Waals surface area contributed by atoms with Crippen LogP contribution in [0.2, 0.25) is 0 Å². The third kappa shape index (κ3) is 2.01. The van der Waals surface area contributed by atoms with Gasteiger partial charge in [0.05, 0.1) is 0 Å². The van der Waals surface area contributed by atoms with Gasteiger partial charge in [0.2, 0.25) is 0 Å². The summed E-state index contributed by atoms with van der Waals surface area (Å²) in [6.45, 7) is 0. The molecule has 0 saturated heterocycles. The van der Waals surface area contributed by atoms with Gasteiger partial charge in [0.25, 0.3) is 0 Å². The molecule has 1 heterocycles. The summed E-state index contributed by atoms with van der Waals surface area (Å²) in [5, 5.41) is 18.8. The van der Waals surface area contributed by atoms with Crippen LogP contribution in [0.5, 0.6) is 11.5 Å². The van der Waals surface area contributed by atoms with Gasteiger partial charge in [0.1, 0.15) is 23.8 Å². The molecule has 0 saturated carbocycles. The smallest absolute Gasteiger partial charge is 0.147 e. The first-order valence-corrected chi connectivity index (χ1v) is 6.23. The molecule has 1 aliphatic heterocycles. The molecule has 0 radical (unpaired) electrons. The number of phenols is 2. The number of anilines is 1. The summed E-state index contributed by atoms with van der Waals surface area (Å²) >= 11 is 0. The van der Waals surface area contributed by atoms with E-state index in [-0.39, 0.29) is 11.5 Å². The van der Waals surface area contributed by atoms with Gasteiger partial charge in [-0.15, -0.1) is 0 Å². The summed E-state index contributed by atoms with van der Waals surface area (Å²) in [6, 6.07) is 11.2. The number of nitrogens with zero attached hydrogens (tertiary/aromatic N) is 1. The van der Waals surface area contributed by atoms with Crippen molar-refractivity contribution in [3.05, 3.63) is 59.8 Å². The first-order valence-electron chi connectivity index (χ1n) is 6.23. The number of hydrogen-bond acceptors (Lipinski definition) is 4. The minimum atomic E-state index is -0.444. The van der Waals surface area contributed by atoms with E-state index in [1.54, 1.807) is 48.7 Å². The molecule has 0 aliphatic carbocycles. The Bertz CT molecular complexity index is 677. The summed E-state index contributed by atoms with van der Waals surface area (Å²) in [5.74, 6) is 0.360. The molecule has 2 N–H and O–H groups in total. The Morgan fingerprint density at radius 3 is 2.40 bits per heavy atom. The number of carbonyl (C=O) groups is 1. The Kier molecular flexibility index (Phi) is 2.91. The molecule has 0 spiro atoms. The maximum atomic E-state index is 11.5. The van der Waals surface area contributed by atoms with E-state index < -0.39 is 6.04 Å². The van der Waals surface area contributed by atoms with E-state index in [0.717, 1.165) is 23.1 Å². The molecule has 3 rings (SSSR count). The number of benzene rings is 2. The van der Waals surface area contributed by atoms with Crippen LogP contribution in [0.3, 0.4) is 0 Å². The van der Waals surface area contributed by atoms with Crippen LogP contribution >= 0.6 is 0 Å². The summed E-state index contributed by atoms with van der Waals surface area (Å²) < 4.78 is 0. The average Bonchev–Trinajstić information content (AvgIpc) is 2.46. The standard InChI is InChI=1S/C16H13NO3/c18-10-16-15-6-5-14(20)9-11(15)7-8-17(16)12-1-3-13(19)4-2-12/h1-10,16,19-20H. The number of rotatable bonds is 2. The van der Waals surface area contributed by atoms with Crippen LogP contribution < -0.4 is 4.90 Å². The fourth-order valence-electron chi connectivity index (χ4n) is 2.39. The van der Waals surface area contributed by atoms with Crippen molar-refractivity contribution >= 4 is 18.0 Å².